The Morgan fingerprint density at radius 2 is 1.62 bits per heavy atom. The van der Waals surface area contributed by atoms with Crippen molar-refractivity contribution in [2.45, 2.75) is 29.7 Å². The van der Waals surface area contributed by atoms with E-state index in [0.29, 0.717) is 6.07 Å². The molecule has 37 heavy (non-hydrogen) atoms. The summed E-state index contributed by atoms with van der Waals surface area (Å²) in [5.41, 5.74) is 3.26. The van der Waals surface area contributed by atoms with Gasteiger partial charge in [-0.25, -0.2) is 13.5 Å². The Hall–Kier alpha value is -3.15. The number of primary amides is 1. The zero-order valence-corrected chi connectivity index (χ0v) is 20.5. The molecule has 1 aromatic heterocycles. The maximum Gasteiger partial charge on any atom is 0.310 e. The summed E-state index contributed by atoms with van der Waals surface area (Å²) in [6.07, 6.45) is 0.382. The molecule has 198 valence electrons. The molecule has 0 saturated heterocycles. The normalized spacial score (nSPS) is 16.4. The average Bonchev–Trinajstić information content (AvgIpc) is 3.46. The summed E-state index contributed by atoms with van der Waals surface area (Å²) >= 11 is 11.9. The van der Waals surface area contributed by atoms with E-state index in [2.05, 4.69) is 10.4 Å². The van der Waals surface area contributed by atoms with Gasteiger partial charge in [-0.15, -0.1) is 0 Å². The number of anilines is 1. The van der Waals surface area contributed by atoms with Gasteiger partial charge in [0.15, 0.2) is 5.69 Å². The Balaban J connectivity index is 1.94. The molecule has 1 aliphatic rings. The van der Waals surface area contributed by atoms with Gasteiger partial charge in [-0.3, -0.25) is 4.79 Å². The predicted molar refractivity (Wildman–Crippen MR) is 123 cm³/mol. The fraction of sp³-hybridized carbons (Fsp3) is 0.190. The highest BCUT2D eigenvalue weighted by molar-refractivity contribution is 8.45. The molecule has 4 rings (SSSR count). The number of hydrogen-bond acceptors (Lipinski definition) is 4. The highest BCUT2D eigenvalue weighted by atomic mass is 35.5. The Kier molecular flexibility index (Phi) is 5.76. The van der Waals surface area contributed by atoms with Crippen LogP contribution in [0.4, 0.5) is 34.0 Å². The van der Waals surface area contributed by atoms with Gasteiger partial charge in [0.1, 0.15) is 34.1 Å². The number of nitriles is 1. The summed E-state index contributed by atoms with van der Waals surface area (Å²) in [5.74, 6) is -2.85. The maximum absolute atomic E-state index is 13.7. The van der Waals surface area contributed by atoms with Crippen LogP contribution in [0.15, 0.2) is 35.2 Å². The van der Waals surface area contributed by atoms with Crippen LogP contribution in [-0.2, 0) is 16.8 Å². The van der Waals surface area contributed by atoms with Gasteiger partial charge in [-0.1, -0.05) is 42.6 Å². The van der Waals surface area contributed by atoms with Crippen LogP contribution in [0.1, 0.15) is 29.7 Å². The number of carbonyl (C=O) groups is 1. The summed E-state index contributed by atoms with van der Waals surface area (Å²) in [7, 11) is -10.2. The van der Waals surface area contributed by atoms with Crippen molar-refractivity contribution < 1.29 is 33.0 Å². The van der Waals surface area contributed by atoms with E-state index in [0.717, 1.165) is 16.8 Å². The molecule has 1 fully saturated rings. The van der Waals surface area contributed by atoms with E-state index in [-0.39, 0.29) is 54.2 Å². The predicted octanol–water partition coefficient (Wildman–Crippen LogP) is 7.12. The van der Waals surface area contributed by atoms with Crippen LogP contribution in [0, 0.1) is 23.0 Å². The molecule has 1 saturated carbocycles. The molecule has 0 radical (unpaired) electrons. The Bertz CT molecular complexity index is 1470. The summed E-state index contributed by atoms with van der Waals surface area (Å²) in [6.45, 7) is -0.328. The van der Waals surface area contributed by atoms with E-state index in [1.807, 2.05) is 0 Å². The molecule has 1 aliphatic carbocycles. The number of halogens is 9. The molecular weight excluding hydrogens is 574 g/mol. The molecule has 3 aromatic rings. The monoisotopic (exact) mass is 587 g/mol. The second kappa shape index (κ2) is 7.92. The third-order valence-corrected chi connectivity index (χ3v) is 7.42. The number of amides is 1. The number of nitrogens with zero attached hydrogens (tertiary/aromatic N) is 3. The second-order valence-corrected chi connectivity index (χ2v) is 11.6. The van der Waals surface area contributed by atoms with Gasteiger partial charge < -0.3 is 11.1 Å². The van der Waals surface area contributed by atoms with Crippen LogP contribution >= 0.6 is 33.4 Å². The fourth-order valence-electron chi connectivity index (χ4n) is 3.89. The Labute approximate surface area is 214 Å². The van der Waals surface area contributed by atoms with Gasteiger partial charge in [-0.05, 0) is 42.7 Å². The summed E-state index contributed by atoms with van der Waals surface area (Å²) in [6, 6.07) is 4.26. The zero-order valence-electron chi connectivity index (χ0n) is 18.1. The van der Waals surface area contributed by atoms with Crippen LogP contribution in [-0.4, -0.2) is 15.7 Å². The third kappa shape index (κ3) is 5.03. The molecule has 0 unspecified atom stereocenters. The molecular formula is C21H14Cl2F7N5OS. The summed E-state index contributed by atoms with van der Waals surface area (Å²) in [4.78, 5) is 9.91. The van der Waals surface area contributed by atoms with Crippen molar-refractivity contribution in [1.29, 1.82) is 5.26 Å². The first-order chi connectivity index (χ1) is 16.9. The van der Waals surface area contributed by atoms with E-state index >= 15 is 0 Å². The van der Waals surface area contributed by atoms with Crippen LogP contribution in [0.2, 0.25) is 10.0 Å². The lowest BCUT2D eigenvalue weighted by atomic mass is 9.94. The van der Waals surface area contributed by atoms with Crippen LogP contribution < -0.4 is 11.1 Å². The van der Waals surface area contributed by atoms with Gasteiger partial charge >= 0.3 is 10.2 Å². The molecule has 1 heterocycles. The summed E-state index contributed by atoms with van der Waals surface area (Å²) < 4.78 is 94.9. The molecule has 6 nitrogen and oxygen atoms in total. The van der Waals surface area contributed by atoms with Gasteiger partial charge in [0.2, 0.25) is 5.91 Å². The Morgan fingerprint density at radius 3 is 2.05 bits per heavy atom. The van der Waals surface area contributed by atoms with E-state index < -0.39 is 53.8 Å². The maximum atomic E-state index is 13.7. The number of benzene rings is 2. The van der Waals surface area contributed by atoms with Crippen molar-refractivity contribution in [3.8, 4) is 11.8 Å². The van der Waals surface area contributed by atoms with E-state index in [1.165, 1.54) is 0 Å². The molecule has 1 amide bonds. The number of aromatic nitrogens is 2. The van der Waals surface area contributed by atoms with Crippen LogP contribution in [0.3, 0.4) is 0 Å². The van der Waals surface area contributed by atoms with E-state index in [9.17, 15) is 38.3 Å². The Morgan fingerprint density at radius 1 is 1.08 bits per heavy atom. The quantitative estimate of drug-likeness (QED) is 0.288. The topological polar surface area (TPSA) is 96.7 Å². The first kappa shape index (κ1) is 26.9. The smallest absolute Gasteiger partial charge is 0.310 e. The van der Waals surface area contributed by atoms with Gasteiger partial charge in [0.25, 0.3) is 0 Å². The van der Waals surface area contributed by atoms with Crippen molar-refractivity contribution in [1.82, 2.24) is 9.78 Å². The minimum Gasteiger partial charge on any atom is -0.369 e. The molecule has 16 heteroatoms. The summed E-state index contributed by atoms with van der Waals surface area (Å²) in [5, 5.41) is 14.6. The van der Waals surface area contributed by atoms with Crippen molar-refractivity contribution in [3.05, 3.63) is 68.8 Å². The lowest BCUT2D eigenvalue weighted by Gasteiger charge is -2.40. The van der Waals surface area contributed by atoms with Gasteiger partial charge in [-0.2, -0.15) is 10.4 Å². The van der Waals surface area contributed by atoms with Gasteiger partial charge in [0, 0.05) is 18.2 Å². The average molecular weight is 588 g/mol. The van der Waals surface area contributed by atoms with Crippen molar-refractivity contribution in [2.24, 2.45) is 5.73 Å². The lowest BCUT2D eigenvalue weighted by Crippen LogP contribution is -2.29. The standard InChI is InChI=1S/C21H14Cl2F7N5OS/c22-14-6-13(37(26,27,28,29)30)7-15(23)18(14)35-19(33-9-10-3-11(24)5-12(25)4-10)17(16(8-31)34-35)21(1-2-21)20(32)36/h3-7,33H,1-2,9H2,(H2,32,36). The van der Waals surface area contributed by atoms with Crippen molar-refractivity contribution >= 4 is 45.2 Å². The first-order valence-electron chi connectivity index (χ1n) is 10.1. The fourth-order valence-corrected chi connectivity index (χ4v) is 5.34. The highest BCUT2D eigenvalue weighted by Crippen LogP contribution is 3.02. The minimum atomic E-state index is -10.2. The molecule has 3 N–H and O–H groups in total. The molecule has 0 bridgehead atoms. The third-order valence-electron chi connectivity index (χ3n) is 5.72. The first-order valence-corrected chi connectivity index (χ1v) is 12.8. The van der Waals surface area contributed by atoms with Crippen LogP contribution in [0.5, 0.6) is 0 Å². The number of rotatable bonds is 7. The number of hydrogen-bond donors (Lipinski definition) is 2. The number of carbonyl (C=O) groups excluding carboxylic acids is 1. The molecule has 0 aliphatic heterocycles. The highest BCUT2D eigenvalue weighted by Gasteiger charge is 2.65. The van der Waals surface area contributed by atoms with E-state index in [1.54, 1.807) is 6.07 Å². The zero-order chi connectivity index (χ0) is 27.6. The number of nitrogens with one attached hydrogen (secondary N) is 1. The lowest BCUT2D eigenvalue weighted by molar-refractivity contribution is -0.120. The van der Waals surface area contributed by atoms with Gasteiger partial charge in [0.05, 0.1) is 15.5 Å². The molecule has 2 aromatic carbocycles. The van der Waals surface area contributed by atoms with Crippen LogP contribution in [0.25, 0.3) is 5.69 Å². The number of nitrogens with two attached hydrogens (primary N) is 1. The van der Waals surface area contributed by atoms with Crippen molar-refractivity contribution in [2.75, 3.05) is 5.32 Å². The van der Waals surface area contributed by atoms with Crippen molar-refractivity contribution in [3.63, 3.8) is 0 Å². The van der Waals surface area contributed by atoms with E-state index in [4.69, 9.17) is 28.9 Å². The minimum absolute atomic E-state index is 0.0373. The SMILES string of the molecule is N#Cc1nn(-c2c(Cl)cc(S(F)(F)(F)(F)F)cc2Cl)c(NCc2cc(F)cc(F)c2)c1C1(C(N)=O)CC1. The largest absolute Gasteiger partial charge is 0.369 e. The molecule has 0 spiro atoms. The molecule has 0 atom stereocenters. The second-order valence-electron chi connectivity index (χ2n) is 8.38.